The lowest BCUT2D eigenvalue weighted by molar-refractivity contribution is -0.142. The molecular weight excluding hydrogens is 373 g/mol. The van der Waals surface area contributed by atoms with Crippen LogP contribution in [0.3, 0.4) is 0 Å². The molecule has 1 aromatic rings. The first-order valence-electron chi connectivity index (χ1n) is 4.31. The first-order chi connectivity index (χ1) is 7.02. The summed E-state index contributed by atoms with van der Waals surface area (Å²) >= 11 is 5.61. The maximum atomic E-state index is 11.1. The van der Waals surface area contributed by atoms with Crippen LogP contribution in [0.4, 0.5) is 0 Å². The van der Waals surface area contributed by atoms with E-state index >= 15 is 0 Å². The third-order valence-corrected chi connectivity index (χ3v) is 2.96. The Morgan fingerprint density at radius 1 is 1.60 bits per heavy atom. The van der Waals surface area contributed by atoms with Gasteiger partial charge in [0.05, 0.1) is 7.11 Å². The number of esters is 1. The van der Waals surface area contributed by atoms with E-state index in [0.29, 0.717) is 6.42 Å². The summed E-state index contributed by atoms with van der Waals surface area (Å²) in [6.45, 7) is 0. The number of ether oxygens (including phenoxy) is 1. The normalized spacial score (nSPS) is 12.3. The molecule has 0 fully saturated rings. The number of carbonyl (C=O) groups is 1. The summed E-state index contributed by atoms with van der Waals surface area (Å²) in [6.07, 6.45) is 0.488. The van der Waals surface area contributed by atoms with E-state index in [2.05, 4.69) is 43.3 Å². The molecule has 0 spiro atoms. The van der Waals surface area contributed by atoms with Crippen molar-refractivity contribution in [3.05, 3.63) is 31.8 Å². The Bertz CT molecular complexity index is 350. The Hall–Kier alpha value is -0.140. The zero-order chi connectivity index (χ0) is 11.4. The third kappa shape index (κ3) is 4.08. The highest BCUT2D eigenvalue weighted by molar-refractivity contribution is 14.1. The van der Waals surface area contributed by atoms with Crippen LogP contribution in [-0.4, -0.2) is 19.1 Å². The highest BCUT2D eigenvalue weighted by Gasteiger charge is 2.14. The van der Waals surface area contributed by atoms with Crippen LogP contribution in [0.15, 0.2) is 22.7 Å². The molecule has 2 N–H and O–H groups in total. The molecule has 0 aromatic heterocycles. The van der Waals surface area contributed by atoms with Crippen LogP contribution in [0.1, 0.15) is 5.56 Å². The second kappa shape index (κ2) is 5.81. The van der Waals surface area contributed by atoms with Gasteiger partial charge in [-0.3, -0.25) is 4.79 Å². The summed E-state index contributed by atoms with van der Waals surface area (Å²) in [5, 5.41) is 0. The number of carbonyl (C=O) groups excluding carboxylic acids is 1. The van der Waals surface area contributed by atoms with Gasteiger partial charge in [0, 0.05) is 8.04 Å². The summed E-state index contributed by atoms with van der Waals surface area (Å²) in [5.41, 5.74) is 6.69. The SMILES string of the molecule is COC(=O)[C@@H](N)Cc1cc(Br)cc(I)c1. The van der Waals surface area contributed by atoms with Crippen LogP contribution >= 0.6 is 38.5 Å². The molecule has 0 saturated heterocycles. The molecule has 0 bridgehead atoms. The van der Waals surface area contributed by atoms with Crippen LogP contribution in [-0.2, 0) is 16.0 Å². The fraction of sp³-hybridized carbons (Fsp3) is 0.300. The minimum Gasteiger partial charge on any atom is -0.468 e. The van der Waals surface area contributed by atoms with Crippen molar-refractivity contribution in [2.75, 3.05) is 7.11 Å². The minimum atomic E-state index is -0.597. The Labute approximate surface area is 111 Å². The molecule has 0 saturated carbocycles. The van der Waals surface area contributed by atoms with E-state index in [1.807, 2.05) is 18.2 Å². The summed E-state index contributed by atoms with van der Waals surface area (Å²) < 4.78 is 6.66. The van der Waals surface area contributed by atoms with Crippen molar-refractivity contribution >= 4 is 44.5 Å². The predicted molar refractivity (Wildman–Crippen MR) is 70.6 cm³/mol. The number of nitrogens with two attached hydrogens (primary N) is 1. The highest BCUT2D eigenvalue weighted by Crippen LogP contribution is 2.18. The van der Waals surface area contributed by atoms with Gasteiger partial charge in [-0.15, -0.1) is 0 Å². The maximum Gasteiger partial charge on any atom is 0.322 e. The van der Waals surface area contributed by atoms with Gasteiger partial charge < -0.3 is 10.5 Å². The van der Waals surface area contributed by atoms with Gasteiger partial charge in [-0.2, -0.15) is 0 Å². The minimum absolute atomic E-state index is 0.384. The van der Waals surface area contributed by atoms with Gasteiger partial charge in [0.15, 0.2) is 0 Å². The molecule has 0 amide bonds. The van der Waals surface area contributed by atoms with Gasteiger partial charge in [-0.25, -0.2) is 0 Å². The molecule has 0 unspecified atom stereocenters. The monoisotopic (exact) mass is 383 g/mol. The Balaban J connectivity index is 2.76. The first-order valence-corrected chi connectivity index (χ1v) is 6.18. The smallest absolute Gasteiger partial charge is 0.322 e. The van der Waals surface area contributed by atoms with Gasteiger partial charge in [0.1, 0.15) is 6.04 Å². The van der Waals surface area contributed by atoms with Crippen molar-refractivity contribution < 1.29 is 9.53 Å². The summed E-state index contributed by atoms with van der Waals surface area (Å²) in [6, 6.07) is 5.34. The molecule has 1 atom stereocenters. The van der Waals surface area contributed by atoms with Crippen LogP contribution in [0.25, 0.3) is 0 Å². The fourth-order valence-corrected chi connectivity index (χ4v) is 2.92. The summed E-state index contributed by atoms with van der Waals surface area (Å²) in [5.74, 6) is -0.384. The second-order valence-corrected chi connectivity index (χ2v) is 5.27. The zero-order valence-corrected chi connectivity index (χ0v) is 11.9. The van der Waals surface area contributed by atoms with Gasteiger partial charge in [-0.05, 0) is 52.8 Å². The van der Waals surface area contributed by atoms with Crippen LogP contribution in [0, 0.1) is 3.57 Å². The van der Waals surface area contributed by atoms with E-state index in [4.69, 9.17) is 5.73 Å². The Kier molecular flexibility index (Phi) is 5.01. The van der Waals surface area contributed by atoms with E-state index in [1.54, 1.807) is 0 Å². The topological polar surface area (TPSA) is 52.3 Å². The lowest BCUT2D eigenvalue weighted by Gasteiger charge is -2.09. The van der Waals surface area contributed by atoms with E-state index in [1.165, 1.54) is 7.11 Å². The zero-order valence-electron chi connectivity index (χ0n) is 8.17. The number of rotatable bonds is 3. The number of benzene rings is 1. The van der Waals surface area contributed by atoms with Crippen LogP contribution in [0.2, 0.25) is 0 Å². The third-order valence-electron chi connectivity index (χ3n) is 1.88. The van der Waals surface area contributed by atoms with Crippen molar-refractivity contribution in [1.82, 2.24) is 0 Å². The van der Waals surface area contributed by atoms with Gasteiger partial charge in [0.2, 0.25) is 0 Å². The molecule has 82 valence electrons. The van der Waals surface area contributed by atoms with E-state index in [0.717, 1.165) is 13.6 Å². The quantitative estimate of drug-likeness (QED) is 0.642. The van der Waals surface area contributed by atoms with Crippen molar-refractivity contribution in [2.45, 2.75) is 12.5 Å². The molecule has 1 rings (SSSR count). The Morgan fingerprint density at radius 3 is 2.80 bits per heavy atom. The molecule has 0 aliphatic heterocycles. The predicted octanol–water partition coefficient (Wildman–Crippen LogP) is 2.10. The molecule has 15 heavy (non-hydrogen) atoms. The number of hydrogen-bond donors (Lipinski definition) is 1. The molecule has 0 heterocycles. The van der Waals surface area contributed by atoms with Crippen LogP contribution in [0.5, 0.6) is 0 Å². The maximum absolute atomic E-state index is 11.1. The van der Waals surface area contributed by atoms with E-state index in [-0.39, 0.29) is 5.97 Å². The molecule has 0 aliphatic carbocycles. The van der Waals surface area contributed by atoms with Crippen molar-refractivity contribution in [3.8, 4) is 0 Å². The fourth-order valence-electron chi connectivity index (χ4n) is 1.22. The van der Waals surface area contributed by atoms with E-state index in [9.17, 15) is 4.79 Å². The van der Waals surface area contributed by atoms with Gasteiger partial charge >= 0.3 is 5.97 Å². The number of hydrogen-bond acceptors (Lipinski definition) is 3. The van der Waals surface area contributed by atoms with Crippen molar-refractivity contribution in [2.24, 2.45) is 5.73 Å². The number of methoxy groups -OCH3 is 1. The van der Waals surface area contributed by atoms with Crippen molar-refractivity contribution in [3.63, 3.8) is 0 Å². The first kappa shape index (κ1) is 12.9. The van der Waals surface area contributed by atoms with Gasteiger partial charge in [0.25, 0.3) is 0 Å². The lowest BCUT2D eigenvalue weighted by Crippen LogP contribution is -2.33. The summed E-state index contributed by atoms with van der Waals surface area (Å²) in [4.78, 5) is 11.1. The van der Waals surface area contributed by atoms with E-state index < -0.39 is 6.04 Å². The molecule has 0 aliphatic rings. The largest absolute Gasteiger partial charge is 0.468 e. The second-order valence-electron chi connectivity index (χ2n) is 3.11. The highest BCUT2D eigenvalue weighted by atomic mass is 127. The Morgan fingerprint density at radius 2 is 2.27 bits per heavy atom. The van der Waals surface area contributed by atoms with Gasteiger partial charge in [-0.1, -0.05) is 15.9 Å². The molecule has 5 heteroatoms. The standard InChI is InChI=1S/C10H11BrINO2/c1-15-10(14)9(13)4-6-2-7(11)5-8(12)3-6/h2-3,5,9H,4,13H2,1H3/t9-/m0/s1. The lowest BCUT2D eigenvalue weighted by atomic mass is 10.1. The summed E-state index contributed by atoms with van der Waals surface area (Å²) in [7, 11) is 1.34. The molecule has 3 nitrogen and oxygen atoms in total. The molecule has 1 aromatic carbocycles. The molecular formula is C10H11BrINO2. The number of halogens is 2. The average molecular weight is 384 g/mol. The van der Waals surface area contributed by atoms with Crippen LogP contribution < -0.4 is 5.73 Å². The van der Waals surface area contributed by atoms with Crippen molar-refractivity contribution in [1.29, 1.82) is 0 Å². The average Bonchev–Trinajstić information content (AvgIpc) is 2.14. The molecule has 0 radical (unpaired) electrons.